The van der Waals surface area contributed by atoms with Crippen molar-refractivity contribution in [1.82, 2.24) is 0 Å². The largest absolute Gasteiger partial charge is 0.273 e. The standard InChI is InChI=1S/C24H19ClN2O3/c1-15-7-5-12-19(13-15)26-23(28)20-21(16-8-6-9-17(25)14-16)27(30-22(20)24(26)29)18-10-3-2-4-11-18/h2-14,20-22H,1H3/t20-,21-,22-/m1/s1. The first-order valence-corrected chi connectivity index (χ1v) is 10.1. The van der Waals surface area contributed by atoms with E-state index in [-0.39, 0.29) is 11.8 Å². The van der Waals surface area contributed by atoms with E-state index >= 15 is 0 Å². The van der Waals surface area contributed by atoms with Gasteiger partial charge in [0.05, 0.1) is 17.4 Å². The van der Waals surface area contributed by atoms with Crippen LogP contribution in [-0.4, -0.2) is 17.9 Å². The Morgan fingerprint density at radius 2 is 1.57 bits per heavy atom. The smallest absolute Gasteiger partial charge is 0.266 e. The molecule has 0 saturated carbocycles. The lowest BCUT2D eigenvalue weighted by Crippen LogP contribution is -2.37. The van der Waals surface area contributed by atoms with E-state index in [4.69, 9.17) is 16.4 Å². The first-order chi connectivity index (χ1) is 14.5. The van der Waals surface area contributed by atoms with Crippen molar-refractivity contribution in [2.24, 2.45) is 5.92 Å². The van der Waals surface area contributed by atoms with Crippen LogP contribution in [0.4, 0.5) is 11.4 Å². The number of carbonyl (C=O) groups is 2. The number of aryl methyl sites for hydroxylation is 1. The number of imide groups is 1. The summed E-state index contributed by atoms with van der Waals surface area (Å²) in [4.78, 5) is 34.2. The summed E-state index contributed by atoms with van der Waals surface area (Å²) in [6.45, 7) is 1.93. The highest BCUT2D eigenvalue weighted by molar-refractivity contribution is 6.30. The van der Waals surface area contributed by atoms with Gasteiger partial charge in [0.25, 0.3) is 5.91 Å². The van der Waals surface area contributed by atoms with Crippen molar-refractivity contribution in [1.29, 1.82) is 0 Å². The summed E-state index contributed by atoms with van der Waals surface area (Å²) in [5.41, 5.74) is 3.15. The molecular formula is C24H19ClN2O3. The van der Waals surface area contributed by atoms with Gasteiger partial charge < -0.3 is 0 Å². The van der Waals surface area contributed by atoms with Crippen molar-refractivity contribution < 1.29 is 14.4 Å². The average Bonchev–Trinajstić information content (AvgIpc) is 3.25. The number of anilines is 2. The second kappa shape index (κ2) is 7.27. The molecule has 5 nitrogen and oxygen atoms in total. The molecule has 3 aromatic carbocycles. The normalized spacial score (nSPS) is 23.2. The van der Waals surface area contributed by atoms with E-state index in [0.717, 1.165) is 16.8 Å². The lowest BCUT2D eigenvalue weighted by molar-refractivity contribution is -0.126. The number of para-hydroxylation sites is 1. The lowest BCUT2D eigenvalue weighted by atomic mass is 9.90. The molecule has 2 fully saturated rings. The topological polar surface area (TPSA) is 49.9 Å². The molecule has 2 heterocycles. The molecule has 2 aliphatic heterocycles. The van der Waals surface area contributed by atoms with Crippen LogP contribution in [0, 0.1) is 12.8 Å². The Hall–Kier alpha value is -3.15. The molecule has 0 radical (unpaired) electrons. The molecule has 5 rings (SSSR count). The lowest BCUT2D eigenvalue weighted by Gasteiger charge is -2.28. The van der Waals surface area contributed by atoms with Crippen LogP contribution < -0.4 is 9.96 Å². The van der Waals surface area contributed by atoms with Gasteiger partial charge in [-0.25, -0.2) is 9.96 Å². The highest BCUT2D eigenvalue weighted by Crippen LogP contribution is 2.47. The minimum atomic E-state index is -0.887. The van der Waals surface area contributed by atoms with Crippen molar-refractivity contribution in [2.75, 3.05) is 9.96 Å². The molecule has 0 N–H and O–H groups in total. The Morgan fingerprint density at radius 3 is 2.30 bits per heavy atom. The zero-order valence-corrected chi connectivity index (χ0v) is 17.0. The monoisotopic (exact) mass is 418 g/mol. The van der Waals surface area contributed by atoms with Crippen molar-refractivity contribution in [3.05, 3.63) is 95.0 Å². The summed E-state index contributed by atoms with van der Waals surface area (Å²) in [6.07, 6.45) is -0.887. The van der Waals surface area contributed by atoms with E-state index < -0.39 is 18.1 Å². The van der Waals surface area contributed by atoms with E-state index in [0.29, 0.717) is 10.7 Å². The molecule has 6 heteroatoms. The van der Waals surface area contributed by atoms with Gasteiger partial charge in [0, 0.05) is 5.02 Å². The third-order valence-electron chi connectivity index (χ3n) is 5.58. The van der Waals surface area contributed by atoms with Gasteiger partial charge in [-0.3, -0.25) is 14.4 Å². The van der Waals surface area contributed by atoms with Crippen LogP contribution in [-0.2, 0) is 14.4 Å². The minimum absolute atomic E-state index is 0.265. The summed E-state index contributed by atoms with van der Waals surface area (Å²) in [5, 5.41) is 2.24. The molecule has 0 unspecified atom stereocenters. The number of benzene rings is 3. The number of nitrogens with zero attached hydrogens (tertiary/aromatic N) is 2. The molecule has 2 amide bonds. The molecule has 3 atom stereocenters. The van der Waals surface area contributed by atoms with E-state index in [2.05, 4.69) is 0 Å². The number of hydrogen-bond acceptors (Lipinski definition) is 4. The van der Waals surface area contributed by atoms with Crippen LogP contribution in [0.1, 0.15) is 17.2 Å². The Morgan fingerprint density at radius 1 is 0.833 bits per heavy atom. The van der Waals surface area contributed by atoms with Gasteiger partial charge in [0.2, 0.25) is 5.91 Å². The van der Waals surface area contributed by atoms with Crippen molar-refractivity contribution in [3.8, 4) is 0 Å². The quantitative estimate of drug-likeness (QED) is 0.578. The second-order valence-corrected chi connectivity index (χ2v) is 8.00. The first-order valence-electron chi connectivity index (χ1n) is 9.75. The van der Waals surface area contributed by atoms with Crippen LogP contribution in [0.2, 0.25) is 5.02 Å². The number of halogens is 1. The van der Waals surface area contributed by atoms with Gasteiger partial charge in [-0.15, -0.1) is 0 Å². The molecule has 30 heavy (non-hydrogen) atoms. The fourth-order valence-electron chi connectivity index (χ4n) is 4.26. The second-order valence-electron chi connectivity index (χ2n) is 7.56. The number of amides is 2. The summed E-state index contributed by atoms with van der Waals surface area (Å²) in [7, 11) is 0. The average molecular weight is 419 g/mol. The number of hydrogen-bond donors (Lipinski definition) is 0. The maximum atomic E-state index is 13.5. The predicted octanol–water partition coefficient (Wildman–Crippen LogP) is 4.70. The summed E-state index contributed by atoms with van der Waals surface area (Å²) in [5.74, 6) is -1.28. The number of carbonyl (C=O) groups excluding carboxylic acids is 2. The molecule has 2 saturated heterocycles. The van der Waals surface area contributed by atoms with E-state index in [1.54, 1.807) is 17.2 Å². The Bertz CT molecular complexity index is 1130. The fourth-order valence-corrected chi connectivity index (χ4v) is 4.46. The fraction of sp³-hybridized carbons (Fsp3) is 0.167. The molecule has 150 valence electrons. The first kappa shape index (κ1) is 18.9. The van der Waals surface area contributed by atoms with E-state index in [1.807, 2.05) is 73.7 Å². The molecule has 0 aromatic heterocycles. The van der Waals surface area contributed by atoms with Gasteiger partial charge in [-0.05, 0) is 54.4 Å². The Balaban J connectivity index is 1.60. The zero-order chi connectivity index (χ0) is 20.8. The van der Waals surface area contributed by atoms with Crippen LogP contribution in [0.5, 0.6) is 0 Å². The Labute approximate surface area is 179 Å². The maximum Gasteiger partial charge on any atom is 0.266 e. The predicted molar refractivity (Wildman–Crippen MR) is 115 cm³/mol. The van der Waals surface area contributed by atoms with Gasteiger partial charge in [-0.2, -0.15) is 0 Å². The van der Waals surface area contributed by atoms with Crippen molar-refractivity contribution >= 4 is 34.8 Å². The van der Waals surface area contributed by atoms with Crippen LogP contribution >= 0.6 is 11.6 Å². The molecule has 0 bridgehead atoms. The molecule has 0 spiro atoms. The summed E-state index contributed by atoms with van der Waals surface area (Å²) < 4.78 is 0. The van der Waals surface area contributed by atoms with E-state index in [9.17, 15) is 9.59 Å². The van der Waals surface area contributed by atoms with Gasteiger partial charge >= 0.3 is 0 Å². The van der Waals surface area contributed by atoms with E-state index in [1.165, 1.54) is 4.90 Å². The van der Waals surface area contributed by atoms with Crippen LogP contribution in [0.15, 0.2) is 78.9 Å². The zero-order valence-electron chi connectivity index (χ0n) is 16.2. The summed E-state index contributed by atoms with van der Waals surface area (Å²) in [6, 6.07) is 23.7. The molecule has 3 aromatic rings. The van der Waals surface area contributed by atoms with Gasteiger partial charge in [0.15, 0.2) is 6.10 Å². The third-order valence-corrected chi connectivity index (χ3v) is 5.81. The van der Waals surface area contributed by atoms with Crippen molar-refractivity contribution in [3.63, 3.8) is 0 Å². The highest BCUT2D eigenvalue weighted by atomic mass is 35.5. The van der Waals surface area contributed by atoms with Gasteiger partial charge in [0.1, 0.15) is 5.92 Å². The highest BCUT2D eigenvalue weighted by Gasteiger charge is 2.60. The van der Waals surface area contributed by atoms with Gasteiger partial charge in [-0.1, -0.05) is 54.1 Å². The van der Waals surface area contributed by atoms with Crippen LogP contribution in [0.25, 0.3) is 0 Å². The summed E-state index contributed by atoms with van der Waals surface area (Å²) >= 11 is 6.25. The molecule has 2 aliphatic rings. The number of fused-ring (bicyclic) bond motifs is 1. The van der Waals surface area contributed by atoms with Crippen LogP contribution in [0.3, 0.4) is 0 Å². The number of hydroxylamine groups is 1. The molecular weight excluding hydrogens is 400 g/mol. The SMILES string of the molecule is Cc1cccc(N2C(=O)[C@@H]3[C@@H](c4cccc(Cl)c4)N(c4ccccc4)O[C@H]3C2=O)c1. The number of rotatable bonds is 3. The molecule has 0 aliphatic carbocycles. The third kappa shape index (κ3) is 2.98. The minimum Gasteiger partial charge on any atom is -0.273 e. The Kier molecular flexibility index (Phi) is 4.57. The maximum absolute atomic E-state index is 13.5. The van der Waals surface area contributed by atoms with Crippen molar-refractivity contribution in [2.45, 2.75) is 19.1 Å².